The summed E-state index contributed by atoms with van der Waals surface area (Å²) < 4.78 is 10.4. The van der Waals surface area contributed by atoms with Crippen LogP contribution in [-0.4, -0.2) is 15.4 Å². The molecule has 0 aromatic heterocycles. The molecule has 17 heavy (non-hydrogen) atoms. The molecule has 0 aliphatic heterocycles. The molecule has 0 saturated carbocycles. The van der Waals surface area contributed by atoms with Crippen LogP contribution in [0.2, 0.25) is 0 Å². The zero-order valence-electron chi connectivity index (χ0n) is 9.96. The topological polar surface area (TPSA) is 86.6 Å². The van der Waals surface area contributed by atoms with Crippen LogP contribution >= 0.6 is 7.60 Å². The Morgan fingerprint density at radius 1 is 1.29 bits per heavy atom. The summed E-state index contributed by atoms with van der Waals surface area (Å²) in [6.45, 7) is 5.12. The maximum absolute atomic E-state index is 10.8. The van der Waals surface area contributed by atoms with E-state index >= 15 is 0 Å². The van der Waals surface area contributed by atoms with Gasteiger partial charge in [0, 0.05) is 6.54 Å². The maximum Gasteiger partial charge on any atom is 1.00 e. The van der Waals surface area contributed by atoms with Crippen molar-refractivity contribution in [3.05, 3.63) is 42.8 Å². The largest absolute Gasteiger partial charge is 1.00 e. The average molecular weight is 267 g/mol. The fourth-order valence-corrected chi connectivity index (χ4v) is 1.16. The Hall–Kier alpha value is -0.160. The summed E-state index contributed by atoms with van der Waals surface area (Å²) in [4.78, 5) is 27.7. The fraction of sp³-hybridized carbons (Fsp3) is 0.200. The van der Waals surface area contributed by atoms with E-state index in [0.29, 0.717) is 0 Å². The number of hydrogen-bond acceptors (Lipinski definition) is 2. The molecule has 90 valence electrons. The van der Waals surface area contributed by atoms with Crippen LogP contribution in [-0.2, 0) is 11.1 Å². The first-order valence-electron chi connectivity index (χ1n) is 4.59. The predicted octanol–water partition coefficient (Wildman–Crippen LogP) is -1.08. The molecular weight excluding hydrogens is 252 g/mol. The minimum absolute atomic E-state index is 0. The molecule has 7 heteroatoms. The molecule has 0 fully saturated rings. The smallest absolute Gasteiger partial charge is 0.346 e. The van der Waals surface area contributed by atoms with Crippen LogP contribution < -0.4 is 34.9 Å². The minimum Gasteiger partial charge on any atom is -0.346 e. The average Bonchev–Trinajstić information content (AvgIpc) is 2.28. The van der Waals surface area contributed by atoms with E-state index in [-0.39, 0.29) is 36.1 Å². The molecule has 0 aliphatic carbocycles. The molecule has 0 spiro atoms. The number of rotatable bonds is 3. The third-order valence-electron chi connectivity index (χ3n) is 1.55. The molecule has 0 saturated heterocycles. The Kier molecular flexibility index (Phi) is 11.1. The third kappa shape index (κ3) is 8.55. The van der Waals surface area contributed by atoms with Gasteiger partial charge in [-0.3, -0.25) is 4.79 Å². The van der Waals surface area contributed by atoms with Crippen LogP contribution in [0.5, 0.6) is 0 Å². The van der Waals surface area contributed by atoms with Crippen molar-refractivity contribution in [3.63, 3.8) is 0 Å². The predicted molar refractivity (Wildman–Crippen MR) is 61.8 cm³/mol. The summed E-state index contributed by atoms with van der Waals surface area (Å²) in [5.74, 6) is 0. The van der Waals surface area contributed by atoms with Crippen molar-refractivity contribution in [2.45, 2.75) is 13.5 Å². The van der Waals surface area contributed by atoms with Gasteiger partial charge in [-0.15, -0.1) is 0 Å². The molecule has 0 atom stereocenters. The Morgan fingerprint density at radius 2 is 1.76 bits per heavy atom. The second-order valence-electron chi connectivity index (χ2n) is 2.69. The summed E-state index contributed by atoms with van der Waals surface area (Å²) in [7, 11) is -4.64. The van der Waals surface area contributed by atoms with Crippen molar-refractivity contribution in [3.8, 4) is 0 Å². The summed E-state index contributed by atoms with van der Waals surface area (Å²) in [5, 5.41) is 2.14. The normalized spacial score (nSPS) is 9.41. The number of nitrogens with one attached hydrogen (secondary N) is 1. The van der Waals surface area contributed by atoms with Crippen molar-refractivity contribution in [1.82, 2.24) is 5.32 Å². The maximum atomic E-state index is 10.8. The molecule has 0 bridgehead atoms. The van der Waals surface area contributed by atoms with E-state index in [9.17, 15) is 9.36 Å². The van der Waals surface area contributed by atoms with Crippen molar-refractivity contribution in [2.24, 2.45) is 0 Å². The molecule has 0 aliphatic rings. The van der Waals surface area contributed by atoms with Gasteiger partial charge in [-0.2, -0.15) is 6.92 Å². The van der Waals surface area contributed by atoms with Crippen molar-refractivity contribution >= 4 is 13.2 Å². The van der Waals surface area contributed by atoms with Gasteiger partial charge in [0.25, 0.3) is 0 Å². The molecule has 0 unspecified atom stereocenters. The molecule has 3 N–H and O–H groups in total. The van der Waals surface area contributed by atoms with Gasteiger partial charge in [0.2, 0.25) is 0 Å². The van der Waals surface area contributed by atoms with Crippen LogP contribution in [0.25, 0.3) is 0 Å². The molecule has 0 heterocycles. The molecule has 1 amide bonds. The third-order valence-corrected chi connectivity index (χ3v) is 2.24. The molecule has 1 aromatic carbocycles. The first-order chi connectivity index (χ1) is 7.50. The Balaban J connectivity index is 0. The van der Waals surface area contributed by atoms with E-state index in [1.807, 2.05) is 6.07 Å². The van der Waals surface area contributed by atoms with Gasteiger partial charge >= 0.3 is 42.8 Å². The quantitative estimate of drug-likeness (QED) is 0.369. The number of amides is 1. The molecule has 1 rings (SSSR count). The van der Waals surface area contributed by atoms with Crippen molar-refractivity contribution in [2.75, 3.05) is 0 Å². The van der Waals surface area contributed by atoms with Gasteiger partial charge in [-0.25, -0.2) is 4.57 Å². The van der Waals surface area contributed by atoms with E-state index < -0.39 is 13.2 Å². The number of hydrogen-bond donors (Lipinski definition) is 3. The Labute approximate surface area is 123 Å². The zero-order chi connectivity index (χ0) is 12.6. The Morgan fingerprint density at radius 3 is 2.18 bits per heavy atom. The monoisotopic (exact) mass is 267 g/mol. The minimum atomic E-state index is -4.64. The first-order valence-corrected chi connectivity index (χ1v) is 6.20. The number of carbonyl (C=O) groups is 1. The van der Waals surface area contributed by atoms with E-state index in [4.69, 9.17) is 9.79 Å². The van der Waals surface area contributed by atoms with Gasteiger partial charge in [-0.05, 0) is 5.56 Å². The van der Waals surface area contributed by atoms with Crippen LogP contribution in [0.4, 0.5) is 4.79 Å². The van der Waals surface area contributed by atoms with Crippen LogP contribution in [0.15, 0.2) is 30.3 Å². The molecule has 5 nitrogen and oxygen atoms in total. The van der Waals surface area contributed by atoms with Gasteiger partial charge < -0.3 is 22.0 Å². The van der Waals surface area contributed by atoms with E-state index in [1.54, 1.807) is 31.2 Å². The first kappa shape index (κ1) is 19.2. The number of carbonyl (C=O) groups excluding carboxylic acids is 1. The fourth-order valence-electron chi connectivity index (χ4n) is 0.877. The van der Waals surface area contributed by atoms with Crippen molar-refractivity contribution < 1.29 is 48.7 Å². The van der Waals surface area contributed by atoms with Gasteiger partial charge in [0.05, 0.1) is 0 Å². The summed E-state index contributed by atoms with van der Waals surface area (Å²) >= 11 is 0. The molecular formula is C10H15NNaO4P. The van der Waals surface area contributed by atoms with Crippen LogP contribution in [0, 0.1) is 6.92 Å². The second-order valence-corrected chi connectivity index (χ2v) is 4.18. The van der Waals surface area contributed by atoms with Crippen LogP contribution in [0.3, 0.4) is 0 Å². The zero-order valence-corrected chi connectivity index (χ0v) is 12.9. The van der Waals surface area contributed by atoms with E-state index in [2.05, 4.69) is 12.2 Å². The summed E-state index contributed by atoms with van der Waals surface area (Å²) in [6, 6.07) is 8.87. The second kappa shape index (κ2) is 9.83. The SMILES string of the molecule is O=C(NCc1ccccc1)P(=O)(O)O.[CH2-]C.[Na+]. The van der Waals surface area contributed by atoms with Crippen LogP contribution in [0.1, 0.15) is 12.5 Å². The molecule has 1 aromatic rings. The van der Waals surface area contributed by atoms with Crippen molar-refractivity contribution in [1.29, 1.82) is 0 Å². The van der Waals surface area contributed by atoms with E-state index in [1.165, 1.54) is 0 Å². The van der Waals surface area contributed by atoms with Gasteiger partial charge in [0.1, 0.15) is 0 Å². The number of benzene rings is 1. The Bertz CT molecular complexity index is 366. The summed E-state index contributed by atoms with van der Waals surface area (Å²) in [6.07, 6.45) is 0. The van der Waals surface area contributed by atoms with E-state index in [0.717, 1.165) is 5.56 Å². The van der Waals surface area contributed by atoms with Gasteiger partial charge in [-0.1, -0.05) is 30.3 Å². The standard InChI is InChI=1S/C8H10NO4P.C2H5.Na/c10-8(14(11,12)13)9-6-7-4-2-1-3-5-7;1-2;/h1-5H,6H2,(H,9,10)(H2,11,12,13);1H2,2H3;/q;-1;+1. The summed E-state index contributed by atoms with van der Waals surface area (Å²) in [5.41, 5.74) is -0.462. The van der Waals surface area contributed by atoms with Gasteiger partial charge in [0.15, 0.2) is 0 Å². The molecule has 0 radical (unpaired) electrons.